The summed E-state index contributed by atoms with van der Waals surface area (Å²) in [4.78, 5) is 10.5. The van der Waals surface area contributed by atoms with Crippen LogP contribution in [0.3, 0.4) is 0 Å². The summed E-state index contributed by atoms with van der Waals surface area (Å²) in [5, 5.41) is 14.6. The molecule has 3 N–H and O–H groups in total. The van der Waals surface area contributed by atoms with Crippen LogP contribution in [0.1, 0.15) is 25.7 Å². The smallest absolute Gasteiger partial charge is 0.404 e. The zero-order chi connectivity index (χ0) is 9.26. The van der Waals surface area contributed by atoms with Gasteiger partial charge in [0.1, 0.15) is 0 Å². The van der Waals surface area contributed by atoms with Crippen LogP contribution in [0.25, 0.3) is 0 Å². The first kappa shape index (κ1) is 8.81. The number of fused-ring (bicyclic) bond motifs is 1. The highest BCUT2D eigenvalue weighted by Crippen LogP contribution is 2.32. The highest BCUT2D eigenvalue weighted by atomic mass is 16.4. The third-order valence-corrected chi connectivity index (χ3v) is 3.23. The molecule has 0 radical (unpaired) electrons. The lowest BCUT2D eigenvalue weighted by Gasteiger charge is -2.30. The molecule has 0 bridgehead atoms. The Kier molecular flexibility index (Phi) is 2.40. The second-order valence-corrected chi connectivity index (χ2v) is 4.02. The molecule has 2 rings (SSSR count). The van der Waals surface area contributed by atoms with Gasteiger partial charge in [-0.05, 0) is 38.1 Å². The predicted molar refractivity (Wildman–Crippen MR) is 48.7 cm³/mol. The Morgan fingerprint density at radius 2 is 2.23 bits per heavy atom. The molecule has 74 valence electrons. The van der Waals surface area contributed by atoms with Crippen LogP contribution < -0.4 is 10.6 Å². The Bertz CT molecular complexity index is 208. The SMILES string of the molecule is O=C(O)N[C@H]1CC[C@@H]2CCCN[C@@H]21. The Hall–Kier alpha value is -0.770. The van der Waals surface area contributed by atoms with E-state index < -0.39 is 6.09 Å². The lowest BCUT2D eigenvalue weighted by atomic mass is 9.93. The Balaban J connectivity index is 1.94. The second-order valence-electron chi connectivity index (χ2n) is 4.02. The Morgan fingerprint density at radius 1 is 1.38 bits per heavy atom. The largest absolute Gasteiger partial charge is 0.465 e. The number of piperidine rings is 1. The van der Waals surface area contributed by atoms with Crippen LogP contribution in [0.5, 0.6) is 0 Å². The highest BCUT2D eigenvalue weighted by Gasteiger charge is 2.37. The topological polar surface area (TPSA) is 61.4 Å². The van der Waals surface area contributed by atoms with Crippen LogP contribution in [-0.2, 0) is 0 Å². The average molecular weight is 184 g/mol. The van der Waals surface area contributed by atoms with Gasteiger partial charge < -0.3 is 15.7 Å². The van der Waals surface area contributed by atoms with E-state index in [0.717, 1.165) is 13.0 Å². The number of amides is 1. The summed E-state index contributed by atoms with van der Waals surface area (Å²) in [7, 11) is 0. The van der Waals surface area contributed by atoms with Crippen LogP contribution in [0, 0.1) is 5.92 Å². The van der Waals surface area contributed by atoms with Gasteiger partial charge in [-0.1, -0.05) is 0 Å². The molecule has 0 aromatic rings. The molecule has 4 nitrogen and oxygen atoms in total. The number of rotatable bonds is 1. The number of hydrogen-bond acceptors (Lipinski definition) is 2. The monoisotopic (exact) mass is 184 g/mol. The standard InChI is InChI=1S/C9H16N2O2/c12-9(13)11-7-4-3-6-2-1-5-10-8(6)7/h6-8,10-11H,1-5H2,(H,12,13)/t6-,7-,8-/m0/s1. The third-order valence-electron chi connectivity index (χ3n) is 3.23. The van der Waals surface area contributed by atoms with Gasteiger partial charge in [0.25, 0.3) is 0 Å². The van der Waals surface area contributed by atoms with E-state index in [1.54, 1.807) is 0 Å². The summed E-state index contributed by atoms with van der Waals surface area (Å²) in [5.41, 5.74) is 0. The van der Waals surface area contributed by atoms with Gasteiger partial charge >= 0.3 is 6.09 Å². The molecule has 1 saturated heterocycles. The fourth-order valence-corrected chi connectivity index (χ4v) is 2.67. The van der Waals surface area contributed by atoms with Crippen molar-refractivity contribution < 1.29 is 9.90 Å². The second kappa shape index (κ2) is 3.54. The van der Waals surface area contributed by atoms with E-state index in [4.69, 9.17) is 5.11 Å². The minimum atomic E-state index is -0.891. The maximum atomic E-state index is 10.5. The van der Waals surface area contributed by atoms with Gasteiger partial charge in [0, 0.05) is 12.1 Å². The van der Waals surface area contributed by atoms with E-state index in [1.165, 1.54) is 19.3 Å². The molecule has 13 heavy (non-hydrogen) atoms. The average Bonchev–Trinajstić information content (AvgIpc) is 2.48. The molecule has 1 aliphatic carbocycles. The van der Waals surface area contributed by atoms with E-state index in [9.17, 15) is 4.79 Å². The predicted octanol–water partition coefficient (Wildman–Crippen LogP) is 0.785. The van der Waals surface area contributed by atoms with E-state index in [0.29, 0.717) is 12.0 Å². The Morgan fingerprint density at radius 3 is 3.00 bits per heavy atom. The molecule has 2 aliphatic rings. The minimum Gasteiger partial charge on any atom is -0.465 e. The first-order valence-corrected chi connectivity index (χ1v) is 5.00. The van der Waals surface area contributed by atoms with Gasteiger partial charge in [-0.2, -0.15) is 0 Å². The number of carbonyl (C=O) groups is 1. The quantitative estimate of drug-likeness (QED) is 0.564. The summed E-state index contributed by atoms with van der Waals surface area (Å²) in [6.45, 7) is 1.04. The van der Waals surface area contributed by atoms with Gasteiger partial charge in [-0.15, -0.1) is 0 Å². The van der Waals surface area contributed by atoms with Crippen molar-refractivity contribution in [1.29, 1.82) is 0 Å². The molecule has 1 heterocycles. The summed E-state index contributed by atoms with van der Waals surface area (Å²) in [6, 6.07) is 0.535. The van der Waals surface area contributed by atoms with Crippen molar-refractivity contribution in [2.24, 2.45) is 5.92 Å². The van der Waals surface area contributed by atoms with Crippen molar-refractivity contribution >= 4 is 6.09 Å². The lowest BCUT2D eigenvalue weighted by Crippen LogP contribution is -2.51. The summed E-state index contributed by atoms with van der Waals surface area (Å²) >= 11 is 0. The van der Waals surface area contributed by atoms with E-state index >= 15 is 0 Å². The zero-order valence-electron chi connectivity index (χ0n) is 7.62. The summed E-state index contributed by atoms with van der Waals surface area (Å²) in [5.74, 6) is 0.700. The third kappa shape index (κ3) is 1.77. The fourth-order valence-electron chi connectivity index (χ4n) is 2.67. The normalized spacial score (nSPS) is 38.3. The molecule has 0 unspecified atom stereocenters. The van der Waals surface area contributed by atoms with Crippen molar-refractivity contribution in [1.82, 2.24) is 10.6 Å². The molecule has 0 aromatic carbocycles. The first-order valence-electron chi connectivity index (χ1n) is 5.00. The molecule has 3 atom stereocenters. The Labute approximate surface area is 77.7 Å². The van der Waals surface area contributed by atoms with Gasteiger partial charge in [-0.25, -0.2) is 4.79 Å². The molecular formula is C9H16N2O2. The molecule has 4 heteroatoms. The summed E-state index contributed by atoms with van der Waals surface area (Å²) < 4.78 is 0. The molecule has 0 aromatic heterocycles. The van der Waals surface area contributed by atoms with Crippen molar-refractivity contribution in [2.45, 2.75) is 37.8 Å². The number of nitrogens with one attached hydrogen (secondary N) is 2. The van der Waals surface area contributed by atoms with E-state index in [1.807, 2.05) is 0 Å². The highest BCUT2D eigenvalue weighted by molar-refractivity contribution is 5.65. The molecular weight excluding hydrogens is 168 g/mol. The van der Waals surface area contributed by atoms with E-state index in [2.05, 4.69) is 10.6 Å². The van der Waals surface area contributed by atoms with Crippen LogP contribution >= 0.6 is 0 Å². The maximum Gasteiger partial charge on any atom is 0.404 e. The number of carboxylic acid groups (broad SMARTS) is 1. The molecule has 1 amide bonds. The van der Waals surface area contributed by atoms with Crippen molar-refractivity contribution in [2.75, 3.05) is 6.54 Å². The molecule has 1 aliphatic heterocycles. The van der Waals surface area contributed by atoms with Crippen molar-refractivity contribution in [3.05, 3.63) is 0 Å². The number of hydrogen-bond donors (Lipinski definition) is 3. The van der Waals surface area contributed by atoms with Crippen molar-refractivity contribution in [3.63, 3.8) is 0 Å². The summed E-state index contributed by atoms with van der Waals surface area (Å²) in [6.07, 6.45) is 3.77. The molecule has 0 spiro atoms. The zero-order valence-corrected chi connectivity index (χ0v) is 7.62. The van der Waals surface area contributed by atoms with Gasteiger partial charge in [0.2, 0.25) is 0 Å². The maximum absolute atomic E-state index is 10.5. The van der Waals surface area contributed by atoms with Crippen LogP contribution in [-0.4, -0.2) is 29.8 Å². The van der Waals surface area contributed by atoms with Crippen LogP contribution in [0.2, 0.25) is 0 Å². The lowest BCUT2D eigenvalue weighted by molar-refractivity contribution is 0.184. The fraction of sp³-hybridized carbons (Fsp3) is 0.889. The molecule has 1 saturated carbocycles. The molecule has 2 fully saturated rings. The van der Waals surface area contributed by atoms with Gasteiger partial charge in [0.05, 0.1) is 0 Å². The minimum absolute atomic E-state index is 0.141. The first-order chi connectivity index (χ1) is 6.27. The van der Waals surface area contributed by atoms with E-state index in [-0.39, 0.29) is 6.04 Å². The van der Waals surface area contributed by atoms with Crippen LogP contribution in [0.15, 0.2) is 0 Å². The van der Waals surface area contributed by atoms with Gasteiger partial charge in [-0.3, -0.25) is 0 Å². The van der Waals surface area contributed by atoms with Crippen molar-refractivity contribution in [3.8, 4) is 0 Å². The van der Waals surface area contributed by atoms with Gasteiger partial charge in [0.15, 0.2) is 0 Å². The van der Waals surface area contributed by atoms with Crippen LogP contribution in [0.4, 0.5) is 4.79 Å².